The van der Waals surface area contributed by atoms with E-state index >= 15 is 0 Å². The molecule has 86 valence electrons. The second-order valence-corrected chi connectivity index (χ2v) is 3.20. The van der Waals surface area contributed by atoms with Gasteiger partial charge in [0.05, 0.1) is 11.8 Å². The molecule has 0 aromatic carbocycles. The summed E-state index contributed by atoms with van der Waals surface area (Å²) in [5, 5.41) is 14.2. The molecule has 1 aromatic rings. The molecule has 0 aliphatic rings. The Bertz CT molecular complexity index is 406. The molecule has 1 aromatic heterocycles. The number of nitrogens with zero attached hydrogens (tertiary/aromatic N) is 1. The van der Waals surface area contributed by atoms with E-state index in [4.69, 9.17) is 0 Å². The quantitative estimate of drug-likeness (QED) is 0.653. The summed E-state index contributed by atoms with van der Waals surface area (Å²) in [6.45, 7) is 1.55. The number of rotatable bonds is 3. The van der Waals surface area contributed by atoms with Crippen LogP contribution in [0.5, 0.6) is 5.75 Å². The van der Waals surface area contributed by atoms with Crippen LogP contribution in [0.25, 0.3) is 0 Å². The molecule has 1 unspecified atom stereocenters. The molecular formula is C10H13N3O3. The normalized spacial score (nSPS) is 11.6. The highest BCUT2D eigenvalue weighted by molar-refractivity contribution is 5.99. The molecule has 6 heteroatoms. The van der Waals surface area contributed by atoms with Gasteiger partial charge in [-0.3, -0.25) is 14.6 Å². The van der Waals surface area contributed by atoms with E-state index < -0.39 is 11.9 Å². The van der Waals surface area contributed by atoms with E-state index in [2.05, 4.69) is 15.6 Å². The van der Waals surface area contributed by atoms with Crippen LogP contribution >= 0.6 is 0 Å². The van der Waals surface area contributed by atoms with Crippen LogP contribution in [0, 0.1) is 0 Å². The van der Waals surface area contributed by atoms with Crippen molar-refractivity contribution in [2.24, 2.45) is 0 Å². The first-order valence-corrected chi connectivity index (χ1v) is 4.71. The van der Waals surface area contributed by atoms with Crippen molar-refractivity contribution < 1.29 is 14.7 Å². The minimum Gasteiger partial charge on any atom is -0.505 e. The molecule has 0 saturated carbocycles. The molecule has 0 bridgehead atoms. The van der Waals surface area contributed by atoms with Crippen LogP contribution in [0.15, 0.2) is 18.5 Å². The van der Waals surface area contributed by atoms with Gasteiger partial charge in [0, 0.05) is 13.2 Å². The predicted octanol–water partition coefficient (Wildman–Crippen LogP) is -0.349. The third-order valence-corrected chi connectivity index (χ3v) is 2.03. The third-order valence-electron chi connectivity index (χ3n) is 2.03. The number of nitrogens with one attached hydrogen (secondary N) is 2. The molecule has 0 aliphatic carbocycles. The lowest BCUT2D eigenvalue weighted by atomic mass is 10.2. The number of aromatic nitrogens is 1. The summed E-state index contributed by atoms with van der Waals surface area (Å²) in [7, 11) is 1.48. The number of aromatic hydroxyl groups is 1. The van der Waals surface area contributed by atoms with Gasteiger partial charge in [-0.05, 0) is 13.0 Å². The Morgan fingerprint density at radius 1 is 1.50 bits per heavy atom. The lowest BCUT2D eigenvalue weighted by Crippen LogP contribution is -2.43. The first kappa shape index (κ1) is 12.0. The van der Waals surface area contributed by atoms with Gasteiger partial charge in [-0.25, -0.2) is 0 Å². The Morgan fingerprint density at radius 3 is 2.75 bits per heavy atom. The molecule has 3 N–H and O–H groups in total. The van der Waals surface area contributed by atoms with Gasteiger partial charge < -0.3 is 15.7 Å². The fraction of sp³-hybridized carbons (Fsp3) is 0.300. The van der Waals surface area contributed by atoms with Gasteiger partial charge in [-0.1, -0.05) is 0 Å². The molecular weight excluding hydrogens is 210 g/mol. The van der Waals surface area contributed by atoms with E-state index in [1.54, 1.807) is 6.92 Å². The summed E-state index contributed by atoms with van der Waals surface area (Å²) >= 11 is 0. The van der Waals surface area contributed by atoms with Gasteiger partial charge in [-0.2, -0.15) is 0 Å². The molecule has 1 rings (SSSR count). The average molecular weight is 223 g/mol. The van der Waals surface area contributed by atoms with E-state index in [1.165, 1.54) is 25.5 Å². The maximum absolute atomic E-state index is 11.6. The van der Waals surface area contributed by atoms with Gasteiger partial charge in [-0.15, -0.1) is 0 Å². The van der Waals surface area contributed by atoms with Crippen molar-refractivity contribution in [3.05, 3.63) is 24.0 Å². The third kappa shape index (κ3) is 2.69. The van der Waals surface area contributed by atoms with Gasteiger partial charge in [0.25, 0.3) is 5.91 Å². The Kier molecular flexibility index (Phi) is 3.82. The molecule has 0 spiro atoms. The molecule has 0 radical (unpaired) electrons. The van der Waals surface area contributed by atoms with Crippen LogP contribution in [0.2, 0.25) is 0 Å². The number of carbonyl (C=O) groups is 2. The number of amides is 2. The summed E-state index contributed by atoms with van der Waals surface area (Å²) in [6.07, 6.45) is 2.55. The Labute approximate surface area is 92.7 Å². The highest BCUT2D eigenvalue weighted by Crippen LogP contribution is 2.13. The van der Waals surface area contributed by atoms with Crippen LogP contribution in [-0.2, 0) is 4.79 Å². The maximum atomic E-state index is 11.6. The lowest BCUT2D eigenvalue weighted by molar-refractivity contribution is -0.122. The van der Waals surface area contributed by atoms with Crippen molar-refractivity contribution in [3.8, 4) is 5.75 Å². The van der Waals surface area contributed by atoms with E-state index in [-0.39, 0.29) is 17.2 Å². The maximum Gasteiger partial charge on any atom is 0.255 e. The van der Waals surface area contributed by atoms with Crippen LogP contribution in [0.4, 0.5) is 0 Å². The predicted molar refractivity (Wildman–Crippen MR) is 56.9 cm³/mol. The van der Waals surface area contributed by atoms with E-state index in [1.807, 2.05) is 0 Å². The van der Waals surface area contributed by atoms with Crippen molar-refractivity contribution in [2.75, 3.05) is 7.05 Å². The number of likely N-dealkylation sites (N-methyl/N-ethyl adjacent to an activating group) is 1. The molecule has 0 saturated heterocycles. The summed E-state index contributed by atoms with van der Waals surface area (Å²) in [6, 6.07) is 0.714. The summed E-state index contributed by atoms with van der Waals surface area (Å²) in [5.74, 6) is -1.04. The van der Waals surface area contributed by atoms with Crippen molar-refractivity contribution >= 4 is 11.8 Å². The second kappa shape index (κ2) is 5.11. The fourth-order valence-electron chi connectivity index (χ4n) is 1.13. The number of hydrogen-bond donors (Lipinski definition) is 3. The SMILES string of the molecule is CNC(=O)C(C)NC(=O)c1ccncc1O. The van der Waals surface area contributed by atoms with E-state index in [9.17, 15) is 14.7 Å². The second-order valence-electron chi connectivity index (χ2n) is 3.20. The Hall–Kier alpha value is -2.11. The van der Waals surface area contributed by atoms with Crippen LogP contribution in [-0.4, -0.2) is 35.0 Å². The minimum absolute atomic E-state index is 0.0887. The Morgan fingerprint density at radius 2 is 2.19 bits per heavy atom. The highest BCUT2D eigenvalue weighted by Gasteiger charge is 2.17. The zero-order valence-corrected chi connectivity index (χ0v) is 9.02. The van der Waals surface area contributed by atoms with Gasteiger partial charge in [0.1, 0.15) is 11.8 Å². The van der Waals surface area contributed by atoms with Crippen LogP contribution in [0.1, 0.15) is 17.3 Å². The van der Waals surface area contributed by atoms with Crippen LogP contribution in [0.3, 0.4) is 0 Å². The minimum atomic E-state index is -0.662. The molecule has 1 atom stereocenters. The monoisotopic (exact) mass is 223 g/mol. The number of hydrogen-bond acceptors (Lipinski definition) is 4. The average Bonchev–Trinajstić information content (AvgIpc) is 2.28. The Balaban J connectivity index is 2.73. The molecule has 1 heterocycles. The summed E-state index contributed by atoms with van der Waals surface area (Å²) in [5.41, 5.74) is 0.0887. The zero-order chi connectivity index (χ0) is 12.1. The van der Waals surface area contributed by atoms with Crippen molar-refractivity contribution in [2.45, 2.75) is 13.0 Å². The molecule has 6 nitrogen and oxygen atoms in total. The standard InChI is InChI=1S/C10H13N3O3/c1-6(9(15)11-2)13-10(16)7-3-4-12-5-8(7)14/h3-6,14H,1-2H3,(H,11,15)(H,13,16). The van der Waals surface area contributed by atoms with Gasteiger partial charge in [0.2, 0.25) is 5.91 Å². The molecule has 0 aliphatic heterocycles. The molecule has 16 heavy (non-hydrogen) atoms. The van der Waals surface area contributed by atoms with Crippen molar-refractivity contribution in [3.63, 3.8) is 0 Å². The molecule has 0 fully saturated rings. The zero-order valence-electron chi connectivity index (χ0n) is 9.02. The first-order valence-electron chi connectivity index (χ1n) is 4.71. The van der Waals surface area contributed by atoms with E-state index in [0.717, 1.165) is 0 Å². The van der Waals surface area contributed by atoms with Crippen molar-refractivity contribution in [1.82, 2.24) is 15.6 Å². The number of pyridine rings is 1. The largest absolute Gasteiger partial charge is 0.505 e. The summed E-state index contributed by atoms with van der Waals surface area (Å²) < 4.78 is 0. The topological polar surface area (TPSA) is 91.3 Å². The van der Waals surface area contributed by atoms with Gasteiger partial charge >= 0.3 is 0 Å². The van der Waals surface area contributed by atoms with Gasteiger partial charge in [0.15, 0.2) is 0 Å². The lowest BCUT2D eigenvalue weighted by Gasteiger charge is -2.12. The molecule has 2 amide bonds. The van der Waals surface area contributed by atoms with E-state index in [0.29, 0.717) is 0 Å². The number of carbonyl (C=O) groups excluding carboxylic acids is 2. The van der Waals surface area contributed by atoms with Crippen molar-refractivity contribution in [1.29, 1.82) is 0 Å². The summed E-state index contributed by atoms with van der Waals surface area (Å²) in [4.78, 5) is 26.4. The fourth-order valence-corrected chi connectivity index (χ4v) is 1.13. The van der Waals surface area contributed by atoms with Crippen LogP contribution < -0.4 is 10.6 Å². The first-order chi connectivity index (χ1) is 7.56. The highest BCUT2D eigenvalue weighted by atomic mass is 16.3. The smallest absolute Gasteiger partial charge is 0.255 e.